The lowest BCUT2D eigenvalue weighted by Gasteiger charge is -2.14. The molecule has 34 heavy (non-hydrogen) atoms. The number of nitrogens with one attached hydrogen (secondary N) is 1. The maximum absolute atomic E-state index is 13.4. The van der Waals surface area contributed by atoms with E-state index in [0.717, 1.165) is 31.4 Å². The Morgan fingerprint density at radius 3 is 2.68 bits per heavy atom. The summed E-state index contributed by atoms with van der Waals surface area (Å²) in [6, 6.07) is 9.67. The van der Waals surface area contributed by atoms with Gasteiger partial charge < -0.3 is 10.1 Å². The molecule has 2 aromatic heterocycles. The van der Waals surface area contributed by atoms with Gasteiger partial charge in [0.05, 0.1) is 46.0 Å². The zero-order valence-corrected chi connectivity index (χ0v) is 20.4. The minimum Gasteiger partial charge on any atom is -0.376 e. The van der Waals surface area contributed by atoms with Crippen LogP contribution >= 0.6 is 0 Å². The summed E-state index contributed by atoms with van der Waals surface area (Å²) in [7, 11) is -3.10. The lowest BCUT2D eigenvalue weighted by atomic mass is 10.0. The highest BCUT2D eigenvalue weighted by atomic mass is 32.2. The van der Waals surface area contributed by atoms with Crippen LogP contribution in [0.1, 0.15) is 53.8 Å². The molecule has 2 saturated heterocycles. The second kappa shape index (κ2) is 9.11. The fraction of sp³-hybridized carbons (Fsp3) is 0.480. The van der Waals surface area contributed by atoms with Gasteiger partial charge in [0.15, 0.2) is 15.5 Å². The standard InChI is InChI=1S/C25H30N4O4S/c1-3-17-6-8-18(9-7-17)22-13-21(25(30)26-14-20-5-4-11-33-20)23-16(2)28-29(24(23)27-22)19-10-12-34(31,32)15-19/h6-9,13,19-20H,3-5,10-12,14-15H2,1-2H3,(H,26,30). The molecule has 2 aliphatic heterocycles. The normalized spacial score (nSPS) is 21.8. The first-order valence-electron chi connectivity index (χ1n) is 11.9. The van der Waals surface area contributed by atoms with E-state index in [0.29, 0.717) is 41.0 Å². The maximum Gasteiger partial charge on any atom is 0.252 e. The zero-order chi connectivity index (χ0) is 23.9. The first-order valence-corrected chi connectivity index (χ1v) is 13.8. The Kier molecular flexibility index (Phi) is 6.16. The van der Waals surface area contributed by atoms with E-state index in [1.54, 1.807) is 4.68 Å². The average molecular weight is 483 g/mol. The SMILES string of the molecule is CCc1ccc(-c2cc(C(=O)NCC3CCCO3)c3c(C)nn(C4CCS(=O)(=O)C4)c3n2)cc1. The molecule has 3 aromatic rings. The van der Waals surface area contributed by atoms with Crippen LogP contribution in [-0.2, 0) is 21.0 Å². The number of benzene rings is 1. The number of nitrogens with zero attached hydrogens (tertiary/aromatic N) is 3. The van der Waals surface area contributed by atoms with Gasteiger partial charge in [-0.05, 0) is 44.2 Å². The van der Waals surface area contributed by atoms with E-state index in [2.05, 4.69) is 29.5 Å². The summed E-state index contributed by atoms with van der Waals surface area (Å²) in [5.41, 5.74) is 4.51. The molecule has 5 rings (SSSR count). The van der Waals surface area contributed by atoms with Crippen LogP contribution in [0.15, 0.2) is 30.3 Å². The van der Waals surface area contributed by atoms with Crippen molar-refractivity contribution < 1.29 is 17.9 Å². The molecule has 0 spiro atoms. The molecule has 0 saturated carbocycles. The van der Waals surface area contributed by atoms with Crippen LogP contribution in [0, 0.1) is 6.92 Å². The Bertz CT molecular complexity index is 1330. The highest BCUT2D eigenvalue weighted by Gasteiger charge is 2.32. The molecule has 180 valence electrons. The van der Waals surface area contributed by atoms with Gasteiger partial charge in [0.2, 0.25) is 0 Å². The number of hydrogen-bond donors (Lipinski definition) is 1. The molecular formula is C25H30N4O4S. The largest absolute Gasteiger partial charge is 0.376 e. The number of fused-ring (bicyclic) bond motifs is 1. The highest BCUT2D eigenvalue weighted by Crippen LogP contribution is 2.32. The number of ether oxygens (including phenoxy) is 1. The van der Waals surface area contributed by atoms with Crippen molar-refractivity contribution in [2.24, 2.45) is 0 Å². The van der Waals surface area contributed by atoms with Crippen molar-refractivity contribution in [3.05, 3.63) is 47.2 Å². The third-order valence-electron chi connectivity index (χ3n) is 6.81. The van der Waals surface area contributed by atoms with Crippen LogP contribution in [0.2, 0.25) is 0 Å². The minimum absolute atomic E-state index is 0.0369. The molecular weight excluding hydrogens is 452 g/mol. The van der Waals surface area contributed by atoms with Crippen molar-refractivity contribution in [1.29, 1.82) is 0 Å². The van der Waals surface area contributed by atoms with E-state index in [1.165, 1.54) is 5.56 Å². The number of carbonyl (C=O) groups is 1. The number of amides is 1. The Hall–Kier alpha value is -2.78. The van der Waals surface area contributed by atoms with Crippen molar-refractivity contribution in [3.8, 4) is 11.3 Å². The summed E-state index contributed by atoms with van der Waals surface area (Å²) in [5.74, 6) is -0.0118. The first kappa shape index (κ1) is 23.0. The number of aryl methyl sites for hydroxylation is 2. The van der Waals surface area contributed by atoms with Crippen LogP contribution in [0.3, 0.4) is 0 Å². The van der Waals surface area contributed by atoms with Crippen molar-refractivity contribution >= 4 is 26.8 Å². The molecule has 1 N–H and O–H groups in total. The Morgan fingerprint density at radius 2 is 2.03 bits per heavy atom. The summed E-state index contributed by atoms with van der Waals surface area (Å²) in [5, 5.41) is 8.36. The van der Waals surface area contributed by atoms with Crippen LogP contribution in [0.4, 0.5) is 0 Å². The Morgan fingerprint density at radius 1 is 1.24 bits per heavy atom. The number of pyridine rings is 1. The smallest absolute Gasteiger partial charge is 0.252 e. The van der Waals surface area contributed by atoms with Crippen LogP contribution in [-0.4, -0.2) is 59.9 Å². The molecule has 2 atom stereocenters. The van der Waals surface area contributed by atoms with Crippen molar-refractivity contribution in [2.75, 3.05) is 24.7 Å². The summed E-state index contributed by atoms with van der Waals surface area (Å²) >= 11 is 0. The predicted octanol–water partition coefficient (Wildman–Crippen LogP) is 3.24. The number of carbonyl (C=O) groups excluding carboxylic acids is 1. The molecule has 0 bridgehead atoms. The number of hydrogen-bond acceptors (Lipinski definition) is 6. The van der Waals surface area contributed by atoms with Gasteiger partial charge in [0.25, 0.3) is 5.91 Å². The van der Waals surface area contributed by atoms with Gasteiger partial charge >= 0.3 is 0 Å². The lowest BCUT2D eigenvalue weighted by molar-refractivity contribution is 0.0859. The third kappa shape index (κ3) is 4.46. The fourth-order valence-electron chi connectivity index (χ4n) is 4.88. The van der Waals surface area contributed by atoms with Crippen molar-refractivity contribution in [3.63, 3.8) is 0 Å². The number of aromatic nitrogens is 3. The lowest BCUT2D eigenvalue weighted by Crippen LogP contribution is -2.32. The van der Waals surface area contributed by atoms with E-state index in [4.69, 9.17) is 9.72 Å². The minimum atomic E-state index is -3.10. The topological polar surface area (TPSA) is 103 Å². The summed E-state index contributed by atoms with van der Waals surface area (Å²) in [6.45, 7) is 5.13. The van der Waals surface area contributed by atoms with Crippen LogP contribution < -0.4 is 5.32 Å². The van der Waals surface area contributed by atoms with E-state index >= 15 is 0 Å². The molecule has 1 amide bonds. The summed E-state index contributed by atoms with van der Waals surface area (Å²) < 4.78 is 31.7. The van der Waals surface area contributed by atoms with Gasteiger partial charge in [-0.2, -0.15) is 5.10 Å². The zero-order valence-electron chi connectivity index (χ0n) is 19.6. The van der Waals surface area contributed by atoms with E-state index in [9.17, 15) is 13.2 Å². The van der Waals surface area contributed by atoms with Gasteiger partial charge in [-0.3, -0.25) is 4.79 Å². The summed E-state index contributed by atoms with van der Waals surface area (Å²) in [6.07, 6.45) is 3.42. The third-order valence-corrected chi connectivity index (χ3v) is 8.56. The van der Waals surface area contributed by atoms with Gasteiger partial charge in [0.1, 0.15) is 0 Å². The van der Waals surface area contributed by atoms with E-state index < -0.39 is 9.84 Å². The molecule has 9 heteroatoms. The van der Waals surface area contributed by atoms with Crippen molar-refractivity contribution in [2.45, 2.75) is 51.7 Å². The van der Waals surface area contributed by atoms with E-state index in [-0.39, 0.29) is 29.6 Å². The monoisotopic (exact) mass is 482 g/mol. The van der Waals surface area contributed by atoms with Crippen molar-refractivity contribution in [1.82, 2.24) is 20.1 Å². The second-order valence-electron chi connectivity index (χ2n) is 9.24. The van der Waals surface area contributed by atoms with Gasteiger partial charge in [0, 0.05) is 18.7 Å². The first-order chi connectivity index (χ1) is 16.3. The average Bonchev–Trinajstić information content (AvgIpc) is 3.56. The predicted molar refractivity (Wildman–Crippen MR) is 131 cm³/mol. The van der Waals surface area contributed by atoms with Crippen LogP contribution in [0.25, 0.3) is 22.3 Å². The fourth-order valence-corrected chi connectivity index (χ4v) is 6.57. The maximum atomic E-state index is 13.4. The Balaban J connectivity index is 1.60. The van der Waals surface area contributed by atoms with Gasteiger partial charge in [-0.1, -0.05) is 31.2 Å². The molecule has 0 radical (unpaired) electrons. The number of sulfone groups is 1. The van der Waals surface area contributed by atoms with Gasteiger partial charge in [-0.15, -0.1) is 0 Å². The second-order valence-corrected chi connectivity index (χ2v) is 11.5. The van der Waals surface area contributed by atoms with E-state index in [1.807, 2.05) is 25.1 Å². The molecule has 2 fully saturated rings. The molecule has 8 nitrogen and oxygen atoms in total. The highest BCUT2D eigenvalue weighted by molar-refractivity contribution is 7.91. The molecule has 4 heterocycles. The molecule has 0 aliphatic carbocycles. The van der Waals surface area contributed by atoms with Gasteiger partial charge in [-0.25, -0.2) is 18.1 Å². The molecule has 2 aliphatic rings. The number of rotatable bonds is 6. The quantitative estimate of drug-likeness (QED) is 0.579. The molecule has 2 unspecified atom stereocenters. The molecule has 1 aromatic carbocycles. The summed E-state index contributed by atoms with van der Waals surface area (Å²) in [4.78, 5) is 18.3. The Labute approximate surface area is 199 Å². The van der Waals surface area contributed by atoms with Crippen LogP contribution in [0.5, 0.6) is 0 Å².